The van der Waals surface area contributed by atoms with Crippen molar-refractivity contribution in [2.24, 2.45) is 0 Å². The van der Waals surface area contributed by atoms with Crippen molar-refractivity contribution >= 4 is 11.6 Å². The second kappa shape index (κ2) is 6.78. The number of benzene rings is 2. The lowest BCUT2D eigenvalue weighted by Crippen LogP contribution is -2.11. The molecule has 20 heavy (non-hydrogen) atoms. The lowest BCUT2D eigenvalue weighted by atomic mass is 10.1. The quantitative estimate of drug-likeness (QED) is 0.849. The van der Waals surface area contributed by atoms with Gasteiger partial charge in [0.15, 0.2) is 0 Å². The highest BCUT2D eigenvalue weighted by atomic mass is 35.5. The van der Waals surface area contributed by atoms with Crippen LogP contribution in [0.15, 0.2) is 36.4 Å². The molecule has 0 aliphatic heterocycles. The first-order valence-corrected chi connectivity index (χ1v) is 7.22. The molecule has 0 aromatic heterocycles. The van der Waals surface area contributed by atoms with E-state index in [0.29, 0.717) is 0 Å². The zero-order chi connectivity index (χ0) is 14.5. The normalized spacial score (nSPS) is 10.6. The molecule has 106 valence electrons. The molecular formula is C17H20ClNO. The highest BCUT2D eigenvalue weighted by Crippen LogP contribution is 2.30. The van der Waals surface area contributed by atoms with Gasteiger partial charge in [0.2, 0.25) is 0 Å². The second-order valence-electron chi connectivity index (χ2n) is 4.89. The molecule has 0 spiro atoms. The highest BCUT2D eigenvalue weighted by Gasteiger charge is 2.06. The summed E-state index contributed by atoms with van der Waals surface area (Å²) in [7, 11) is 0. The van der Waals surface area contributed by atoms with E-state index in [-0.39, 0.29) is 0 Å². The molecule has 2 aromatic rings. The zero-order valence-electron chi connectivity index (χ0n) is 12.2. The molecule has 0 heterocycles. The Kier molecular flexibility index (Phi) is 5.05. The summed E-state index contributed by atoms with van der Waals surface area (Å²) in [5, 5.41) is 4.05. The van der Waals surface area contributed by atoms with Crippen molar-refractivity contribution in [1.29, 1.82) is 0 Å². The van der Waals surface area contributed by atoms with Gasteiger partial charge in [-0.15, -0.1) is 0 Å². The predicted octanol–water partition coefficient (Wildman–Crippen LogP) is 4.86. The Bertz CT molecular complexity index is 596. The van der Waals surface area contributed by atoms with E-state index in [2.05, 4.69) is 37.4 Å². The van der Waals surface area contributed by atoms with Gasteiger partial charge in [-0.2, -0.15) is 0 Å². The third-order valence-corrected chi connectivity index (χ3v) is 3.42. The molecule has 0 radical (unpaired) electrons. The molecule has 2 aromatic carbocycles. The summed E-state index contributed by atoms with van der Waals surface area (Å²) in [6.45, 7) is 7.96. The summed E-state index contributed by atoms with van der Waals surface area (Å²) < 4.78 is 6.03. The minimum atomic E-state index is 0.729. The van der Waals surface area contributed by atoms with Crippen molar-refractivity contribution in [3.8, 4) is 11.5 Å². The van der Waals surface area contributed by atoms with Gasteiger partial charge in [0.1, 0.15) is 11.5 Å². The van der Waals surface area contributed by atoms with E-state index < -0.39 is 0 Å². The summed E-state index contributed by atoms with van der Waals surface area (Å²) in [4.78, 5) is 0. The average Bonchev–Trinajstić information content (AvgIpc) is 2.42. The van der Waals surface area contributed by atoms with Crippen LogP contribution in [-0.2, 0) is 6.54 Å². The number of aryl methyl sites for hydroxylation is 2. The van der Waals surface area contributed by atoms with Crippen molar-refractivity contribution in [3.63, 3.8) is 0 Å². The van der Waals surface area contributed by atoms with Crippen LogP contribution >= 0.6 is 11.6 Å². The summed E-state index contributed by atoms with van der Waals surface area (Å²) in [6.07, 6.45) is 0. The molecule has 0 amide bonds. The molecule has 3 heteroatoms. The van der Waals surface area contributed by atoms with Gasteiger partial charge in [0, 0.05) is 11.6 Å². The van der Waals surface area contributed by atoms with Crippen LogP contribution in [0, 0.1) is 13.8 Å². The zero-order valence-corrected chi connectivity index (χ0v) is 12.9. The predicted molar refractivity (Wildman–Crippen MR) is 84.8 cm³/mol. The van der Waals surface area contributed by atoms with Gasteiger partial charge in [-0.3, -0.25) is 0 Å². The topological polar surface area (TPSA) is 21.3 Å². The molecule has 0 aliphatic rings. The Balaban J connectivity index is 2.23. The van der Waals surface area contributed by atoms with E-state index in [1.807, 2.05) is 25.1 Å². The van der Waals surface area contributed by atoms with Crippen molar-refractivity contribution in [2.45, 2.75) is 27.3 Å². The third-order valence-electron chi connectivity index (χ3n) is 3.19. The van der Waals surface area contributed by atoms with E-state index in [0.717, 1.165) is 40.7 Å². The number of hydrogen-bond donors (Lipinski definition) is 1. The molecule has 0 aliphatic carbocycles. The molecule has 0 bridgehead atoms. The molecule has 0 unspecified atom stereocenters. The van der Waals surface area contributed by atoms with Gasteiger partial charge >= 0.3 is 0 Å². The standard InChI is InChI=1S/C17H20ClNO/c1-4-19-11-14-6-5-12(2)17(10-14)20-16-8-7-15(18)9-13(16)3/h5-10,19H,4,11H2,1-3H3. The highest BCUT2D eigenvalue weighted by molar-refractivity contribution is 6.30. The van der Waals surface area contributed by atoms with Crippen molar-refractivity contribution in [3.05, 3.63) is 58.1 Å². The summed E-state index contributed by atoms with van der Waals surface area (Å²) in [5.74, 6) is 1.74. The largest absolute Gasteiger partial charge is 0.457 e. The third kappa shape index (κ3) is 3.75. The van der Waals surface area contributed by atoms with Crippen LogP contribution < -0.4 is 10.1 Å². The smallest absolute Gasteiger partial charge is 0.130 e. The maximum atomic E-state index is 6.03. The molecular weight excluding hydrogens is 270 g/mol. The van der Waals surface area contributed by atoms with Crippen LogP contribution in [0.5, 0.6) is 11.5 Å². The molecule has 0 saturated carbocycles. The Labute approximate surface area is 125 Å². The van der Waals surface area contributed by atoms with Crippen LogP contribution in [0.1, 0.15) is 23.6 Å². The van der Waals surface area contributed by atoms with Gasteiger partial charge in [0.25, 0.3) is 0 Å². The van der Waals surface area contributed by atoms with Gasteiger partial charge < -0.3 is 10.1 Å². The Morgan fingerprint density at radius 1 is 1.00 bits per heavy atom. The fourth-order valence-corrected chi connectivity index (χ4v) is 2.21. The minimum Gasteiger partial charge on any atom is -0.457 e. The monoisotopic (exact) mass is 289 g/mol. The maximum absolute atomic E-state index is 6.03. The maximum Gasteiger partial charge on any atom is 0.130 e. The number of hydrogen-bond acceptors (Lipinski definition) is 2. The van der Waals surface area contributed by atoms with Crippen molar-refractivity contribution in [2.75, 3.05) is 6.54 Å². The van der Waals surface area contributed by atoms with E-state index >= 15 is 0 Å². The van der Waals surface area contributed by atoms with Gasteiger partial charge in [-0.25, -0.2) is 0 Å². The SMILES string of the molecule is CCNCc1ccc(C)c(Oc2ccc(Cl)cc2C)c1. The van der Waals surface area contributed by atoms with Crippen LogP contribution in [0.2, 0.25) is 5.02 Å². The van der Waals surface area contributed by atoms with Gasteiger partial charge in [-0.05, 0) is 61.3 Å². The van der Waals surface area contributed by atoms with Crippen molar-refractivity contribution < 1.29 is 4.74 Å². The lowest BCUT2D eigenvalue weighted by molar-refractivity contribution is 0.474. The first-order valence-electron chi connectivity index (χ1n) is 6.84. The Morgan fingerprint density at radius 2 is 1.80 bits per heavy atom. The van der Waals surface area contributed by atoms with E-state index in [1.54, 1.807) is 0 Å². The fourth-order valence-electron chi connectivity index (χ4n) is 1.98. The first-order chi connectivity index (χ1) is 9.60. The average molecular weight is 290 g/mol. The summed E-state index contributed by atoms with van der Waals surface area (Å²) in [6, 6.07) is 12.0. The van der Waals surface area contributed by atoms with Crippen LogP contribution in [0.3, 0.4) is 0 Å². The van der Waals surface area contributed by atoms with Gasteiger partial charge in [0.05, 0.1) is 0 Å². The number of nitrogens with one attached hydrogen (secondary N) is 1. The molecule has 1 N–H and O–H groups in total. The molecule has 0 fully saturated rings. The van der Waals surface area contributed by atoms with Crippen LogP contribution in [0.4, 0.5) is 0 Å². The molecule has 0 saturated heterocycles. The number of rotatable bonds is 5. The van der Waals surface area contributed by atoms with E-state index in [9.17, 15) is 0 Å². The van der Waals surface area contributed by atoms with Crippen LogP contribution in [0.25, 0.3) is 0 Å². The van der Waals surface area contributed by atoms with E-state index in [1.165, 1.54) is 5.56 Å². The molecule has 2 nitrogen and oxygen atoms in total. The van der Waals surface area contributed by atoms with Gasteiger partial charge in [-0.1, -0.05) is 30.7 Å². The number of ether oxygens (including phenoxy) is 1. The molecule has 2 rings (SSSR count). The fraction of sp³-hybridized carbons (Fsp3) is 0.294. The van der Waals surface area contributed by atoms with Crippen molar-refractivity contribution in [1.82, 2.24) is 5.32 Å². The van der Waals surface area contributed by atoms with Crippen LogP contribution in [-0.4, -0.2) is 6.54 Å². The summed E-state index contributed by atoms with van der Waals surface area (Å²) >= 11 is 5.97. The second-order valence-corrected chi connectivity index (χ2v) is 5.33. The first kappa shape index (κ1) is 14.9. The number of halogens is 1. The van der Waals surface area contributed by atoms with E-state index in [4.69, 9.17) is 16.3 Å². The Morgan fingerprint density at radius 3 is 2.50 bits per heavy atom. The lowest BCUT2D eigenvalue weighted by Gasteiger charge is -2.13. The minimum absolute atomic E-state index is 0.729. The molecule has 0 atom stereocenters. The Hall–Kier alpha value is -1.51. The summed E-state index contributed by atoms with van der Waals surface area (Å²) in [5.41, 5.74) is 3.38.